The van der Waals surface area contributed by atoms with Crippen LogP contribution in [0.15, 0.2) is 65.5 Å². The Morgan fingerprint density at radius 3 is 2.80 bits per heavy atom. The predicted octanol–water partition coefficient (Wildman–Crippen LogP) is 4.01. The number of phenolic OH excluding ortho intramolecular Hbond substituents is 1. The van der Waals surface area contributed by atoms with E-state index in [4.69, 9.17) is 0 Å². The monoisotopic (exact) mass is 415 g/mol. The second-order valence-electron chi connectivity index (χ2n) is 7.16. The Hall–Kier alpha value is -3.71. The molecule has 30 heavy (non-hydrogen) atoms. The number of aryl methyl sites for hydroxylation is 1. The summed E-state index contributed by atoms with van der Waals surface area (Å²) in [6.45, 7) is 2.25. The molecule has 7 heteroatoms. The number of carbonyl (C=O) groups is 1. The fourth-order valence-electron chi connectivity index (χ4n) is 3.53. The number of carbonyl (C=O) groups excluding carboxylic acids is 1. The fourth-order valence-corrected chi connectivity index (χ4v) is 4.65. The predicted molar refractivity (Wildman–Crippen MR) is 118 cm³/mol. The number of hydrogen-bond donors (Lipinski definition) is 2. The number of aromatic nitrogens is 2. The van der Waals surface area contributed by atoms with E-state index >= 15 is 0 Å². The van der Waals surface area contributed by atoms with Gasteiger partial charge in [0.15, 0.2) is 4.96 Å². The van der Waals surface area contributed by atoms with Gasteiger partial charge in [0, 0.05) is 6.54 Å². The summed E-state index contributed by atoms with van der Waals surface area (Å²) in [5.74, 6) is -0.449. The molecule has 0 aliphatic rings. The van der Waals surface area contributed by atoms with Gasteiger partial charge >= 0.3 is 0 Å². The molecule has 2 aromatic heterocycles. The van der Waals surface area contributed by atoms with Gasteiger partial charge in [0.1, 0.15) is 5.75 Å². The number of nitrogens with one attached hydrogen (secondary N) is 1. The molecule has 0 saturated heterocycles. The number of rotatable bonds is 3. The molecule has 3 aromatic carbocycles. The van der Waals surface area contributed by atoms with E-state index in [0.29, 0.717) is 15.9 Å². The molecule has 2 heterocycles. The minimum atomic E-state index is -0.377. The van der Waals surface area contributed by atoms with Crippen LogP contribution < -0.4 is 10.9 Å². The highest BCUT2D eigenvalue weighted by molar-refractivity contribution is 7.23. The summed E-state index contributed by atoms with van der Waals surface area (Å²) in [6, 6.07) is 17.8. The average molecular weight is 415 g/mol. The minimum absolute atomic E-state index is 0.0714. The van der Waals surface area contributed by atoms with Crippen molar-refractivity contribution in [2.75, 3.05) is 0 Å². The van der Waals surface area contributed by atoms with Crippen LogP contribution in [0.1, 0.15) is 21.5 Å². The standard InChI is InChI=1S/C23H17N3O3S/c1-13-6-9-18-20(10-13)30-23-25-17-8-7-14(11-16(17)22(29)26(18)23)12-24-21(28)15-4-2-3-5-19(15)27/h2-11,27H,12H2,1H3,(H,24,28). The van der Waals surface area contributed by atoms with E-state index < -0.39 is 0 Å². The van der Waals surface area contributed by atoms with E-state index in [1.54, 1.807) is 34.7 Å². The second kappa shape index (κ2) is 6.96. The van der Waals surface area contributed by atoms with Crippen LogP contribution in [0.2, 0.25) is 0 Å². The molecule has 0 fully saturated rings. The summed E-state index contributed by atoms with van der Waals surface area (Å²) in [5.41, 5.74) is 3.47. The highest BCUT2D eigenvalue weighted by Crippen LogP contribution is 2.26. The fraction of sp³-hybridized carbons (Fsp3) is 0.0870. The number of hydrogen-bond acceptors (Lipinski definition) is 5. The van der Waals surface area contributed by atoms with Gasteiger partial charge in [-0.05, 0) is 54.4 Å². The van der Waals surface area contributed by atoms with Crippen molar-refractivity contribution >= 4 is 43.3 Å². The van der Waals surface area contributed by atoms with Crippen molar-refractivity contribution < 1.29 is 9.90 Å². The Kier molecular flexibility index (Phi) is 4.25. The summed E-state index contributed by atoms with van der Waals surface area (Å²) in [6.07, 6.45) is 0. The summed E-state index contributed by atoms with van der Waals surface area (Å²) < 4.78 is 2.66. The van der Waals surface area contributed by atoms with Gasteiger partial charge in [0.05, 0.1) is 26.7 Å². The molecule has 6 nitrogen and oxygen atoms in total. The molecule has 148 valence electrons. The van der Waals surface area contributed by atoms with Crippen LogP contribution >= 0.6 is 11.3 Å². The van der Waals surface area contributed by atoms with Gasteiger partial charge in [0.25, 0.3) is 11.5 Å². The van der Waals surface area contributed by atoms with Gasteiger partial charge in [-0.15, -0.1) is 0 Å². The zero-order chi connectivity index (χ0) is 20.8. The zero-order valence-electron chi connectivity index (χ0n) is 16.0. The number of nitrogens with zero attached hydrogens (tertiary/aromatic N) is 2. The van der Waals surface area contributed by atoms with E-state index in [9.17, 15) is 14.7 Å². The van der Waals surface area contributed by atoms with Crippen LogP contribution in [0.3, 0.4) is 0 Å². The van der Waals surface area contributed by atoms with E-state index in [1.165, 1.54) is 17.4 Å². The molecule has 1 amide bonds. The lowest BCUT2D eigenvalue weighted by molar-refractivity contribution is 0.0948. The van der Waals surface area contributed by atoms with E-state index in [1.807, 2.05) is 25.1 Å². The number of amides is 1. The third-order valence-electron chi connectivity index (χ3n) is 5.06. The van der Waals surface area contributed by atoms with Crippen LogP contribution in [0.25, 0.3) is 26.1 Å². The number of fused-ring (bicyclic) bond motifs is 4. The highest BCUT2D eigenvalue weighted by Gasteiger charge is 2.13. The SMILES string of the molecule is Cc1ccc2c(c1)sc1nc3ccc(CNC(=O)c4ccccc4O)cc3c(=O)n12. The maximum atomic E-state index is 13.2. The summed E-state index contributed by atoms with van der Waals surface area (Å²) >= 11 is 1.49. The molecular weight excluding hydrogens is 398 g/mol. The Morgan fingerprint density at radius 2 is 1.97 bits per heavy atom. The van der Waals surface area contributed by atoms with Crippen molar-refractivity contribution in [2.45, 2.75) is 13.5 Å². The van der Waals surface area contributed by atoms with Crippen molar-refractivity contribution in [1.29, 1.82) is 0 Å². The van der Waals surface area contributed by atoms with Gasteiger partial charge in [-0.2, -0.15) is 0 Å². The van der Waals surface area contributed by atoms with Crippen molar-refractivity contribution in [3.8, 4) is 5.75 Å². The van der Waals surface area contributed by atoms with Crippen molar-refractivity contribution in [2.24, 2.45) is 0 Å². The Bertz CT molecular complexity index is 1520. The molecule has 0 atom stereocenters. The molecule has 0 radical (unpaired) electrons. The Labute approximate surface area is 175 Å². The number of thiazole rings is 1. The van der Waals surface area contributed by atoms with E-state index in [2.05, 4.69) is 16.4 Å². The quantitative estimate of drug-likeness (QED) is 0.466. The van der Waals surface area contributed by atoms with Gasteiger partial charge < -0.3 is 10.4 Å². The smallest absolute Gasteiger partial charge is 0.266 e. The molecular formula is C23H17N3O3S. The first-order valence-corrected chi connectivity index (χ1v) is 10.2. The average Bonchev–Trinajstić information content (AvgIpc) is 3.10. The van der Waals surface area contributed by atoms with Crippen molar-refractivity contribution in [3.63, 3.8) is 0 Å². The molecule has 0 bridgehead atoms. The normalized spacial score (nSPS) is 11.4. The third-order valence-corrected chi connectivity index (χ3v) is 6.06. The number of para-hydroxylation sites is 1. The topological polar surface area (TPSA) is 83.7 Å². The lowest BCUT2D eigenvalue weighted by Crippen LogP contribution is -2.23. The summed E-state index contributed by atoms with van der Waals surface area (Å²) in [7, 11) is 0. The number of phenols is 1. The minimum Gasteiger partial charge on any atom is -0.507 e. The highest BCUT2D eigenvalue weighted by atomic mass is 32.1. The van der Waals surface area contributed by atoms with Crippen LogP contribution in [0.4, 0.5) is 0 Å². The zero-order valence-corrected chi connectivity index (χ0v) is 16.9. The largest absolute Gasteiger partial charge is 0.507 e. The maximum Gasteiger partial charge on any atom is 0.266 e. The molecule has 5 rings (SSSR count). The molecule has 0 unspecified atom stereocenters. The van der Waals surface area contributed by atoms with E-state index in [-0.39, 0.29) is 29.3 Å². The van der Waals surface area contributed by atoms with Crippen LogP contribution in [-0.2, 0) is 6.54 Å². The summed E-state index contributed by atoms with van der Waals surface area (Å²) in [5, 5.41) is 13.1. The van der Waals surface area contributed by atoms with Crippen molar-refractivity contribution in [3.05, 3.63) is 87.7 Å². The van der Waals surface area contributed by atoms with Gasteiger partial charge in [-0.3, -0.25) is 14.0 Å². The molecule has 0 aliphatic carbocycles. The molecule has 2 N–H and O–H groups in total. The first-order chi connectivity index (χ1) is 14.5. The van der Waals surface area contributed by atoms with Crippen LogP contribution in [0.5, 0.6) is 5.75 Å². The Morgan fingerprint density at radius 1 is 1.13 bits per heavy atom. The van der Waals surface area contributed by atoms with Gasteiger partial charge in [-0.25, -0.2) is 4.98 Å². The molecule has 0 spiro atoms. The van der Waals surface area contributed by atoms with Gasteiger partial charge in [-0.1, -0.05) is 35.6 Å². The molecule has 5 aromatic rings. The first kappa shape index (κ1) is 18.3. The maximum absolute atomic E-state index is 13.2. The lowest BCUT2D eigenvalue weighted by Gasteiger charge is -2.08. The summed E-state index contributed by atoms with van der Waals surface area (Å²) in [4.78, 5) is 30.9. The van der Waals surface area contributed by atoms with Crippen LogP contribution in [0, 0.1) is 6.92 Å². The Balaban J connectivity index is 1.53. The molecule has 0 aliphatic heterocycles. The number of benzene rings is 3. The van der Waals surface area contributed by atoms with Gasteiger partial charge in [0.2, 0.25) is 0 Å². The second-order valence-corrected chi connectivity index (χ2v) is 8.17. The third kappa shape index (κ3) is 3.00. The van der Waals surface area contributed by atoms with Crippen molar-refractivity contribution in [1.82, 2.24) is 14.7 Å². The molecule has 0 saturated carbocycles. The first-order valence-electron chi connectivity index (χ1n) is 9.42. The van der Waals surface area contributed by atoms with Crippen LogP contribution in [-0.4, -0.2) is 20.4 Å². The number of aromatic hydroxyl groups is 1. The van der Waals surface area contributed by atoms with E-state index in [0.717, 1.165) is 21.3 Å². The lowest BCUT2D eigenvalue weighted by atomic mass is 10.1.